The molecule has 0 spiro atoms. The van der Waals surface area contributed by atoms with Crippen molar-refractivity contribution in [3.8, 4) is 11.1 Å². The van der Waals surface area contributed by atoms with Gasteiger partial charge in [0.2, 0.25) is 0 Å². The van der Waals surface area contributed by atoms with Gasteiger partial charge >= 0.3 is 0 Å². The fourth-order valence-corrected chi connectivity index (χ4v) is 2.00. The Bertz CT molecular complexity index is 577. The molecule has 0 fully saturated rings. The van der Waals surface area contributed by atoms with E-state index in [9.17, 15) is 4.79 Å². The van der Waals surface area contributed by atoms with Crippen molar-refractivity contribution in [2.24, 2.45) is 0 Å². The van der Waals surface area contributed by atoms with E-state index in [0.717, 1.165) is 23.0 Å². The first-order valence-electron chi connectivity index (χ1n) is 6.01. The second kappa shape index (κ2) is 5.46. The molecular formula is C17H16O. The lowest BCUT2D eigenvalue weighted by Gasteiger charge is -2.10. The van der Waals surface area contributed by atoms with E-state index in [4.69, 9.17) is 0 Å². The standard InChI is InChI=1S/C17H16O/c1-13-7-9-15(10-8-13)17-6-4-3-5-16(17)14(2)11-12-18/h3-12H,1-2H3/b14-11+. The predicted octanol–water partition coefficient (Wildman–Crippen LogP) is 4.26. The zero-order valence-corrected chi connectivity index (χ0v) is 10.7. The lowest BCUT2D eigenvalue weighted by molar-refractivity contribution is -0.104. The summed E-state index contributed by atoms with van der Waals surface area (Å²) < 4.78 is 0. The van der Waals surface area contributed by atoms with Gasteiger partial charge in [0.25, 0.3) is 0 Å². The lowest BCUT2D eigenvalue weighted by atomic mass is 9.95. The van der Waals surface area contributed by atoms with Crippen LogP contribution in [0.1, 0.15) is 18.1 Å². The summed E-state index contributed by atoms with van der Waals surface area (Å²) in [6.45, 7) is 4.04. The Morgan fingerprint density at radius 1 is 1.00 bits per heavy atom. The molecule has 90 valence electrons. The highest BCUT2D eigenvalue weighted by Crippen LogP contribution is 2.28. The highest BCUT2D eigenvalue weighted by atomic mass is 16.1. The fourth-order valence-electron chi connectivity index (χ4n) is 2.00. The Kier molecular flexibility index (Phi) is 3.73. The number of aryl methyl sites for hydroxylation is 1. The Balaban J connectivity index is 2.54. The molecule has 0 aliphatic heterocycles. The second-order valence-electron chi connectivity index (χ2n) is 4.40. The van der Waals surface area contributed by atoms with Crippen molar-refractivity contribution in [1.29, 1.82) is 0 Å². The maximum absolute atomic E-state index is 10.6. The molecule has 0 radical (unpaired) electrons. The summed E-state index contributed by atoms with van der Waals surface area (Å²) in [6.07, 6.45) is 2.44. The highest BCUT2D eigenvalue weighted by molar-refractivity contribution is 5.87. The van der Waals surface area contributed by atoms with Crippen molar-refractivity contribution in [2.45, 2.75) is 13.8 Å². The van der Waals surface area contributed by atoms with Crippen LogP contribution in [-0.4, -0.2) is 6.29 Å². The van der Waals surface area contributed by atoms with Crippen LogP contribution in [0.25, 0.3) is 16.7 Å². The molecule has 2 aromatic rings. The van der Waals surface area contributed by atoms with Gasteiger partial charge in [-0.3, -0.25) is 4.79 Å². The van der Waals surface area contributed by atoms with E-state index >= 15 is 0 Å². The van der Waals surface area contributed by atoms with Crippen LogP contribution in [0.15, 0.2) is 54.6 Å². The van der Waals surface area contributed by atoms with Gasteiger partial charge in [-0.25, -0.2) is 0 Å². The quantitative estimate of drug-likeness (QED) is 0.574. The highest BCUT2D eigenvalue weighted by Gasteiger charge is 2.05. The van der Waals surface area contributed by atoms with Gasteiger partial charge in [0.05, 0.1) is 0 Å². The van der Waals surface area contributed by atoms with Crippen LogP contribution < -0.4 is 0 Å². The third-order valence-electron chi connectivity index (χ3n) is 3.03. The molecule has 0 amide bonds. The summed E-state index contributed by atoms with van der Waals surface area (Å²) in [5.74, 6) is 0. The van der Waals surface area contributed by atoms with Crippen molar-refractivity contribution >= 4 is 11.9 Å². The molecule has 18 heavy (non-hydrogen) atoms. The van der Waals surface area contributed by atoms with Gasteiger partial charge in [-0.05, 0) is 42.2 Å². The van der Waals surface area contributed by atoms with Crippen LogP contribution in [0.3, 0.4) is 0 Å². The molecule has 0 atom stereocenters. The van der Waals surface area contributed by atoms with Crippen LogP contribution in [0.4, 0.5) is 0 Å². The molecule has 1 nitrogen and oxygen atoms in total. The number of allylic oxidation sites excluding steroid dienone is 2. The summed E-state index contributed by atoms with van der Waals surface area (Å²) in [7, 11) is 0. The van der Waals surface area contributed by atoms with Gasteiger partial charge in [-0.15, -0.1) is 0 Å². The van der Waals surface area contributed by atoms with Crippen molar-refractivity contribution in [1.82, 2.24) is 0 Å². The topological polar surface area (TPSA) is 17.1 Å². The van der Waals surface area contributed by atoms with Crippen LogP contribution in [0.2, 0.25) is 0 Å². The van der Waals surface area contributed by atoms with E-state index in [0.29, 0.717) is 0 Å². The maximum Gasteiger partial charge on any atom is 0.143 e. The van der Waals surface area contributed by atoms with Crippen LogP contribution >= 0.6 is 0 Å². The van der Waals surface area contributed by atoms with Gasteiger partial charge in [0, 0.05) is 0 Å². The first kappa shape index (κ1) is 12.3. The van der Waals surface area contributed by atoms with E-state index in [1.807, 2.05) is 25.1 Å². The zero-order valence-electron chi connectivity index (χ0n) is 10.7. The van der Waals surface area contributed by atoms with Crippen molar-refractivity contribution in [3.05, 3.63) is 65.7 Å². The third kappa shape index (κ3) is 2.57. The van der Waals surface area contributed by atoms with E-state index < -0.39 is 0 Å². The Morgan fingerprint density at radius 2 is 1.67 bits per heavy atom. The Hall–Kier alpha value is -2.15. The van der Waals surface area contributed by atoms with Crippen molar-refractivity contribution in [2.75, 3.05) is 0 Å². The summed E-state index contributed by atoms with van der Waals surface area (Å²) in [5, 5.41) is 0. The number of hydrogen-bond donors (Lipinski definition) is 0. The van der Waals surface area contributed by atoms with E-state index in [1.54, 1.807) is 6.08 Å². The molecule has 0 aromatic heterocycles. The van der Waals surface area contributed by atoms with Gasteiger partial charge in [-0.2, -0.15) is 0 Å². The number of aldehydes is 1. The molecule has 0 saturated carbocycles. The normalized spacial score (nSPS) is 11.3. The number of carbonyl (C=O) groups is 1. The van der Waals surface area contributed by atoms with Gasteiger partial charge in [-0.1, -0.05) is 54.1 Å². The molecular weight excluding hydrogens is 220 g/mol. The molecule has 0 N–H and O–H groups in total. The summed E-state index contributed by atoms with van der Waals surface area (Å²) in [4.78, 5) is 10.6. The molecule has 1 heteroatoms. The van der Waals surface area contributed by atoms with Crippen LogP contribution in [0, 0.1) is 6.92 Å². The van der Waals surface area contributed by atoms with Gasteiger partial charge in [0.15, 0.2) is 0 Å². The minimum Gasteiger partial charge on any atom is -0.299 e. The second-order valence-corrected chi connectivity index (χ2v) is 4.40. The molecule has 0 saturated heterocycles. The predicted molar refractivity (Wildman–Crippen MR) is 76.3 cm³/mol. The Morgan fingerprint density at radius 3 is 2.33 bits per heavy atom. The zero-order chi connectivity index (χ0) is 13.0. The minimum absolute atomic E-state index is 0.835. The van der Waals surface area contributed by atoms with Gasteiger partial charge in [0.1, 0.15) is 6.29 Å². The fraction of sp³-hybridized carbons (Fsp3) is 0.118. The largest absolute Gasteiger partial charge is 0.299 e. The molecule has 0 aliphatic rings. The lowest BCUT2D eigenvalue weighted by Crippen LogP contribution is -1.87. The summed E-state index contributed by atoms with van der Waals surface area (Å²) in [5.41, 5.74) is 5.67. The maximum atomic E-state index is 10.6. The van der Waals surface area contributed by atoms with E-state index in [1.165, 1.54) is 11.1 Å². The van der Waals surface area contributed by atoms with Crippen molar-refractivity contribution < 1.29 is 4.79 Å². The average Bonchev–Trinajstić information content (AvgIpc) is 2.40. The molecule has 0 unspecified atom stereocenters. The summed E-state index contributed by atoms with van der Waals surface area (Å²) in [6, 6.07) is 16.6. The van der Waals surface area contributed by atoms with Gasteiger partial charge < -0.3 is 0 Å². The average molecular weight is 236 g/mol. The molecule has 0 bridgehead atoms. The smallest absolute Gasteiger partial charge is 0.143 e. The first-order valence-corrected chi connectivity index (χ1v) is 6.01. The number of benzene rings is 2. The molecule has 0 aliphatic carbocycles. The SMILES string of the molecule is C/C(=C\C=O)c1ccccc1-c1ccc(C)cc1. The van der Waals surface area contributed by atoms with Crippen molar-refractivity contribution in [3.63, 3.8) is 0 Å². The van der Waals surface area contributed by atoms with E-state index in [-0.39, 0.29) is 0 Å². The molecule has 2 rings (SSSR count). The minimum atomic E-state index is 0.835. The van der Waals surface area contributed by atoms with E-state index in [2.05, 4.69) is 37.3 Å². The first-order chi connectivity index (χ1) is 8.72. The van der Waals surface area contributed by atoms with Crippen LogP contribution in [-0.2, 0) is 4.79 Å². The number of rotatable bonds is 3. The monoisotopic (exact) mass is 236 g/mol. The molecule has 0 heterocycles. The van der Waals surface area contributed by atoms with Crippen LogP contribution in [0.5, 0.6) is 0 Å². The third-order valence-corrected chi connectivity index (χ3v) is 3.03. The molecule has 2 aromatic carbocycles. The number of hydrogen-bond acceptors (Lipinski definition) is 1. The Labute approximate surface area is 108 Å². The summed E-state index contributed by atoms with van der Waals surface area (Å²) >= 11 is 0. The number of carbonyl (C=O) groups excluding carboxylic acids is 1.